The van der Waals surface area contributed by atoms with Crippen LogP contribution < -0.4 is 0 Å². The fourth-order valence-corrected chi connectivity index (χ4v) is 1.11. The third-order valence-corrected chi connectivity index (χ3v) is 1.84. The van der Waals surface area contributed by atoms with Gasteiger partial charge in [0.1, 0.15) is 24.4 Å². The lowest BCUT2D eigenvalue weighted by molar-refractivity contribution is -0.150. The molecule has 0 aromatic heterocycles. The Kier molecular flexibility index (Phi) is 2.99. The van der Waals surface area contributed by atoms with Gasteiger partial charge in [-0.05, 0) is 0 Å². The molecular formula is C6H12O6. The van der Waals surface area contributed by atoms with Crippen molar-refractivity contribution in [3.63, 3.8) is 0 Å². The summed E-state index contributed by atoms with van der Waals surface area (Å²) in [6.07, 6.45) is -6.75. The Bertz CT molecular complexity index is 151. The number of aliphatic hydroxyl groups excluding tert-OH is 5. The predicted molar refractivity (Wildman–Crippen MR) is 36.0 cm³/mol. The zero-order valence-electron chi connectivity index (χ0n) is 6.24. The molecule has 0 spiro atoms. The van der Waals surface area contributed by atoms with E-state index in [0.717, 1.165) is 0 Å². The largest absolute Gasteiger partial charge is 0.394 e. The Balaban J connectivity index is 2.58. The molecule has 0 aliphatic carbocycles. The Labute approximate surface area is 68.6 Å². The van der Waals surface area contributed by atoms with Gasteiger partial charge in [-0.1, -0.05) is 0 Å². The van der Waals surface area contributed by atoms with Crippen LogP contribution in [0.5, 0.6) is 0 Å². The zero-order valence-corrected chi connectivity index (χ0v) is 6.24. The maximum Gasteiger partial charge on any atom is 0.184 e. The van der Waals surface area contributed by atoms with E-state index in [-0.39, 0.29) is 0 Å². The molecule has 72 valence electrons. The van der Waals surface area contributed by atoms with Gasteiger partial charge in [0, 0.05) is 0 Å². The summed E-state index contributed by atoms with van der Waals surface area (Å²) in [6, 6.07) is 0. The van der Waals surface area contributed by atoms with Gasteiger partial charge in [0.15, 0.2) is 6.29 Å². The topological polar surface area (TPSA) is 110 Å². The Morgan fingerprint density at radius 3 is 2.08 bits per heavy atom. The summed E-state index contributed by atoms with van der Waals surface area (Å²) in [5.41, 5.74) is 0. The summed E-state index contributed by atoms with van der Waals surface area (Å²) >= 11 is 0. The van der Waals surface area contributed by atoms with Crippen LogP contribution in [0.15, 0.2) is 0 Å². The van der Waals surface area contributed by atoms with Gasteiger partial charge in [0.2, 0.25) is 0 Å². The van der Waals surface area contributed by atoms with Crippen molar-refractivity contribution in [1.82, 2.24) is 0 Å². The van der Waals surface area contributed by atoms with Crippen LogP contribution in [0.1, 0.15) is 0 Å². The van der Waals surface area contributed by atoms with Crippen LogP contribution in [0.25, 0.3) is 0 Å². The number of rotatable bonds is 2. The van der Waals surface area contributed by atoms with Crippen LogP contribution in [-0.4, -0.2) is 62.8 Å². The van der Waals surface area contributed by atoms with E-state index >= 15 is 0 Å². The van der Waals surface area contributed by atoms with Crippen LogP contribution in [0.4, 0.5) is 0 Å². The number of ether oxygens (including phenoxy) is 1. The molecule has 1 saturated heterocycles. The molecule has 1 rings (SSSR count). The van der Waals surface area contributed by atoms with E-state index in [9.17, 15) is 0 Å². The maximum atomic E-state index is 9.12. The third kappa shape index (κ3) is 1.58. The lowest BCUT2D eigenvalue weighted by atomic mass is 10.1. The van der Waals surface area contributed by atoms with Crippen LogP contribution in [-0.2, 0) is 4.74 Å². The summed E-state index contributed by atoms with van der Waals surface area (Å²) in [4.78, 5) is 0. The van der Waals surface area contributed by atoms with E-state index in [4.69, 9.17) is 25.5 Å². The maximum absolute atomic E-state index is 9.12. The Morgan fingerprint density at radius 2 is 1.75 bits per heavy atom. The first kappa shape index (κ1) is 9.85. The van der Waals surface area contributed by atoms with Crippen LogP contribution in [0.2, 0.25) is 0 Å². The van der Waals surface area contributed by atoms with Crippen molar-refractivity contribution in [1.29, 1.82) is 0 Å². The van der Waals surface area contributed by atoms with Crippen molar-refractivity contribution in [2.75, 3.05) is 6.61 Å². The molecule has 1 aliphatic rings. The van der Waals surface area contributed by atoms with Crippen molar-refractivity contribution < 1.29 is 30.3 Å². The average Bonchev–Trinajstić information content (AvgIpc) is 2.32. The van der Waals surface area contributed by atoms with Crippen molar-refractivity contribution in [3.05, 3.63) is 0 Å². The smallest absolute Gasteiger partial charge is 0.184 e. The van der Waals surface area contributed by atoms with Crippen molar-refractivity contribution in [2.45, 2.75) is 30.7 Å². The van der Waals surface area contributed by atoms with Crippen molar-refractivity contribution in [3.8, 4) is 0 Å². The fourth-order valence-electron chi connectivity index (χ4n) is 1.11. The minimum absolute atomic E-state index is 0.596. The summed E-state index contributed by atoms with van der Waals surface area (Å²) in [6.45, 7) is -0.596. The van der Waals surface area contributed by atoms with Crippen molar-refractivity contribution >= 4 is 0 Å². The van der Waals surface area contributed by atoms with Crippen LogP contribution in [0.3, 0.4) is 0 Å². The van der Waals surface area contributed by atoms with E-state index in [2.05, 4.69) is 4.74 Å². The summed E-state index contributed by atoms with van der Waals surface area (Å²) < 4.78 is 4.58. The molecular weight excluding hydrogens is 168 g/mol. The second kappa shape index (κ2) is 3.65. The highest BCUT2D eigenvalue weighted by Gasteiger charge is 2.44. The quantitative estimate of drug-likeness (QED) is 0.306. The average molecular weight is 180 g/mol. The Morgan fingerprint density at radius 1 is 1.17 bits per heavy atom. The highest BCUT2D eigenvalue weighted by molar-refractivity contribution is 4.89. The zero-order chi connectivity index (χ0) is 9.30. The first-order valence-electron chi connectivity index (χ1n) is 3.56. The first-order chi connectivity index (χ1) is 5.57. The molecule has 1 heterocycles. The van der Waals surface area contributed by atoms with Gasteiger partial charge in [-0.15, -0.1) is 0 Å². The summed E-state index contributed by atoms with van der Waals surface area (Å²) in [5.74, 6) is 0. The molecule has 1 fully saturated rings. The van der Waals surface area contributed by atoms with E-state index in [1.54, 1.807) is 0 Å². The normalized spacial score (nSPS) is 44.8. The van der Waals surface area contributed by atoms with Gasteiger partial charge in [0.25, 0.3) is 0 Å². The van der Waals surface area contributed by atoms with Crippen LogP contribution >= 0.6 is 0 Å². The molecule has 0 radical (unpaired) electrons. The lowest BCUT2D eigenvalue weighted by Gasteiger charge is -2.18. The van der Waals surface area contributed by atoms with E-state index in [0.29, 0.717) is 0 Å². The summed E-state index contributed by atoms with van der Waals surface area (Å²) in [7, 11) is 0. The standard InChI is InChI=1S/C6H12O6/c7-1-2(8)5-3(9)4(10)6(11)12-5/h2-11H,1H2/t2-,3?,4?,5-,6-/m0/s1. The van der Waals surface area contributed by atoms with Gasteiger partial charge in [-0.25, -0.2) is 0 Å². The molecule has 0 aromatic rings. The van der Waals surface area contributed by atoms with Gasteiger partial charge < -0.3 is 30.3 Å². The van der Waals surface area contributed by atoms with Gasteiger partial charge >= 0.3 is 0 Å². The fraction of sp³-hybridized carbons (Fsp3) is 1.00. The van der Waals surface area contributed by atoms with Gasteiger partial charge in [-0.3, -0.25) is 0 Å². The highest BCUT2D eigenvalue weighted by atomic mass is 16.6. The van der Waals surface area contributed by atoms with Gasteiger partial charge in [0.05, 0.1) is 6.61 Å². The summed E-state index contributed by atoms with van der Waals surface area (Å²) in [5, 5.41) is 44.4. The van der Waals surface area contributed by atoms with Gasteiger partial charge in [-0.2, -0.15) is 0 Å². The molecule has 0 saturated carbocycles. The molecule has 5 atom stereocenters. The Hall–Kier alpha value is -0.240. The second-order valence-corrected chi connectivity index (χ2v) is 2.72. The molecule has 6 heteroatoms. The molecule has 1 aliphatic heterocycles. The molecule has 0 aromatic carbocycles. The monoisotopic (exact) mass is 180 g/mol. The minimum atomic E-state index is -1.51. The molecule has 12 heavy (non-hydrogen) atoms. The lowest BCUT2D eigenvalue weighted by Crippen LogP contribution is -2.40. The molecule has 0 bridgehead atoms. The van der Waals surface area contributed by atoms with Crippen LogP contribution in [0, 0.1) is 0 Å². The minimum Gasteiger partial charge on any atom is -0.394 e. The first-order valence-corrected chi connectivity index (χ1v) is 3.56. The molecule has 5 N–H and O–H groups in total. The van der Waals surface area contributed by atoms with E-state index in [1.807, 2.05) is 0 Å². The number of hydrogen-bond donors (Lipinski definition) is 5. The SMILES string of the molecule is OC[C@H](O)[C@@H]1O[C@H](O)C(O)C1O. The predicted octanol–water partition coefficient (Wildman–Crippen LogP) is -3.22. The molecule has 2 unspecified atom stereocenters. The number of aliphatic hydroxyl groups is 5. The van der Waals surface area contributed by atoms with E-state index in [1.165, 1.54) is 0 Å². The third-order valence-electron chi connectivity index (χ3n) is 1.84. The molecule has 6 nitrogen and oxygen atoms in total. The van der Waals surface area contributed by atoms with Crippen molar-refractivity contribution in [2.24, 2.45) is 0 Å². The highest BCUT2D eigenvalue weighted by Crippen LogP contribution is 2.21. The second-order valence-electron chi connectivity index (χ2n) is 2.72. The molecule has 0 amide bonds. The number of hydrogen-bond acceptors (Lipinski definition) is 6. The van der Waals surface area contributed by atoms with E-state index < -0.39 is 37.3 Å².